The Labute approximate surface area is 145 Å². The molecule has 10 nitrogen and oxygen atoms in total. The van der Waals surface area contributed by atoms with Crippen LogP contribution in [0.1, 0.15) is 12.8 Å². The van der Waals surface area contributed by atoms with Crippen LogP contribution in [0.25, 0.3) is 0 Å². The summed E-state index contributed by atoms with van der Waals surface area (Å²) >= 11 is 5.38. The number of halogens is 1. The van der Waals surface area contributed by atoms with Crippen molar-refractivity contribution in [1.29, 1.82) is 0 Å². The van der Waals surface area contributed by atoms with Gasteiger partial charge < -0.3 is 19.7 Å². The molecule has 0 unspecified atom stereocenters. The Morgan fingerprint density at radius 3 is 1.64 bits per heavy atom. The summed E-state index contributed by atoms with van der Waals surface area (Å²) in [6, 6.07) is 0. The molecule has 0 spiro atoms. The number of rotatable bonds is 8. The highest BCUT2D eigenvalue weighted by Gasteiger charge is 2.20. The molecule has 0 aromatic rings. The fourth-order valence-electron chi connectivity index (χ4n) is 1.03. The van der Waals surface area contributed by atoms with Crippen molar-refractivity contribution in [2.45, 2.75) is 12.8 Å². The predicted octanol–water partition coefficient (Wildman–Crippen LogP) is 0.310. The highest BCUT2D eigenvalue weighted by molar-refractivity contribution is 6.42. The van der Waals surface area contributed by atoms with Crippen LogP contribution in [0.4, 0.5) is 0 Å². The molecule has 0 radical (unpaired) electrons. The highest BCUT2D eigenvalue weighted by Crippen LogP contribution is 2.08. The average Bonchev–Trinajstić information content (AvgIpc) is 2.45. The van der Waals surface area contributed by atoms with Crippen LogP contribution in [-0.4, -0.2) is 46.0 Å². The number of esters is 4. The van der Waals surface area contributed by atoms with E-state index in [0.717, 1.165) is 0 Å². The molecule has 0 aromatic carbocycles. The second-order valence-electron chi connectivity index (χ2n) is 4.22. The lowest BCUT2D eigenvalue weighted by Gasteiger charge is -2.03. The van der Waals surface area contributed by atoms with Crippen molar-refractivity contribution in [3.63, 3.8) is 0 Å². The zero-order valence-electron chi connectivity index (χ0n) is 12.4. The first kappa shape index (κ1) is 21.7. The molecule has 134 valence electrons. The van der Waals surface area contributed by atoms with Crippen molar-refractivity contribution in [3.05, 3.63) is 35.4 Å². The number of hydrogen-bond acceptors (Lipinski definition) is 8. The van der Waals surface area contributed by atoms with Gasteiger partial charge in [-0.2, -0.15) is 0 Å². The maximum Gasteiger partial charge on any atom is 0.357 e. The number of carboxylic acid groups (broad SMARTS) is 2. The van der Waals surface area contributed by atoms with Crippen LogP contribution in [0.3, 0.4) is 0 Å². The Morgan fingerprint density at radius 2 is 1.24 bits per heavy atom. The fourth-order valence-corrected chi connectivity index (χ4v) is 1.16. The minimum absolute atomic E-state index is 0.310. The number of hydrogen-bond donors (Lipinski definition) is 2. The van der Waals surface area contributed by atoms with E-state index in [4.69, 9.17) is 21.8 Å². The monoisotopic (exact) mass is 374 g/mol. The van der Waals surface area contributed by atoms with Gasteiger partial charge >= 0.3 is 35.8 Å². The minimum Gasteiger partial charge on any atom is -0.478 e. The second kappa shape index (κ2) is 9.78. The molecule has 0 fully saturated rings. The summed E-state index contributed by atoms with van der Waals surface area (Å²) in [7, 11) is 0. The Hall–Kier alpha value is -3.27. The van der Waals surface area contributed by atoms with Crippen molar-refractivity contribution < 1.29 is 48.5 Å². The maximum atomic E-state index is 11.4. The molecule has 25 heavy (non-hydrogen) atoms. The third-order valence-corrected chi connectivity index (χ3v) is 2.44. The normalized spacial score (nSPS) is 10.4. The third-order valence-electron chi connectivity index (χ3n) is 2.18. The molecule has 0 bridgehead atoms. The van der Waals surface area contributed by atoms with Crippen molar-refractivity contribution in [2.75, 3.05) is 0 Å². The van der Waals surface area contributed by atoms with Crippen LogP contribution < -0.4 is 0 Å². The minimum atomic E-state index is -1.50. The first-order valence-electron chi connectivity index (χ1n) is 6.13. The number of carbonyl (C=O) groups excluding carboxylic acids is 4. The first-order valence-corrected chi connectivity index (χ1v) is 6.50. The van der Waals surface area contributed by atoms with Gasteiger partial charge in [-0.05, 0) is 0 Å². The molecule has 0 aliphatic rings. The van der Waals surface area contributed by atoms with E-state index in [1.165, 1.54) is 0 Å². The average molecular weight is 375 g/mol. The Morgan fingerprint density at radius 1 is 0.840 bits per heavy atom. The third kappa shape index (κ3) is 8.81. The number of aliphatic carboxylic acids is 2. The van der Waals surface area contributed by atoms with Gasteiger partial charge in [0, 0.05) is 17.2 Å². The lowest BCUT2D eigenvalue weighted by atomic mass is 10.2. The summed E-state index contributed by atoms with van der Waals surface area (Å²) < 4.78 is 8.29. The molecule has 0 saturated carbocycles. The zero-order valence-corrected chi connectivity index (χ0v) is 13.2. The van der Waals surface area contributed by atoms with Gasteiger partial charge in [0.2, 0.25) is 0 Å². The lowest BCUT2D eigenvalue weighted by molar-refractivity contribution is -0.159. The molecule has 0 amide bonds. The summed E-state index contributed by atoms with van der Waals surface area (Å²) in [6.07, 6.45) is -1.27. The lowest BCUT2D eigenvalue weighted by Crippen LogP contribution is -2.17. The first-order chi connectivity index (χ1) is 11.4. The Bertz CT molecular complexity index is 700. The van der Waals surface area contributed by atoms with Gasteiger partial charge in [-0.25, -0.2) is 19.2 Å². The van der Waals surface area contributed by atoms with Crippen LogP contribution in [0, 0.1) is 0 Å². The van der Waals surface area contributed by atoms with Gasteiger partial charge in [-0.15, -0.1) is 0 Å². The molecule has 0 saturated heterocycles. The topological polar surface area (TPSA) is 161 Å². The van der Waals surface area contributed by atoms with Crippen LogP contribution in [-0.2, 0) is 38.2 Å². The molecular formula is C14H11ClO10. The summed E-state index contributed by atoms with van der Waals surface area (Å²) in [5.41, 5.74) is -1.07. The second-order valence-corrected chi connectivity index (χ2v) is 4.63. The van der Waals surface area contributed by atoms with Crippen LogP contribution >= 0.6 is 11.6 Å². The predicted molar refractivity (Wildman–Crippen MR) is 78.9 cm³/mol. The van der Waals surface area contributed by atoms with Gasteiger partial charge in [0.15, 0.2) is 0 Å². The van der Waals surface area contributed by atoms with Crippen LogP contribution in [0.5, 0.6) is 0 Å². The standard InChI is InChI=1S/C14H11ClO10/c1-6(12(19)20)3-9(16)24-11(18)5-8(15)14(23)25-10(17)4-7(2)13(21)22/h5H,1-4H2,(H,19,20)(H,21,22)/b8-5+. The Kier molecular flexibility index (Phi) is 8.50. The molecular weight excluding hydrogens is 364 g/mol. The summed E-state index contributed by atoms with van der Waals surface area (Å²) in [6.45, 7) is 6.09. The van der Waals surface area contributed by atoms with E-state index in [2.05, 4.69) is 22.6 Å². The molecule has 11 heteroatoms. The van der Waals surface area contributed by atoms with Gasteiger partial charge in [0.1, 0.15) is 5.03 Å². The van der Waals surface area contributed by atoms with E-state index in [1.807, 2.05) is 0 Å². The largest absolute Gasteiger partial charge is 0.478 e. The maximum absolute atomic E-state index is 11.4. The smallest absolute Gasteiger partial charge is 0.357 e. The van der Waals surface area contributed by atoms with E-state index >= 15 is 0 Å². The fraction of sp³-hybridized carbons (Fsp3) is 0.143. The van der Waals surface area contributed by atoms with E-state index < -0.39 is 64.8 Å². The molecule has 0 aliphatic heterocycles. The number of ether oxygens (including phenoxy) is 2. The highest BCUT2D eigenvalue weighted by atomic mass is 35.5. The molecule has 0 heterocycles. The summed E-state index contributed by atoms with van der Waals surface area (Å²) in [5, 5.41) is 16.1. The van der Waals surface area contributed by atoms with Gasteiger partial charge in [0.25, 0.3) is 0 Å². The SMILES string of the molecule is C=C(CC(=O)OC(=O)/C=C(/Cl)C(=O)OC(=O)CC(=C)C(=O)O)C(=O)O. The van der Waals surface area contributed by atoms with Gasteiger partial charge in [-0.1, -0.05) is 24.8 Å². The molecule has 0 aromatic heterocycles. The molecule has 0 atom stereocenters. The zero-order chi connectivity index (χ0) is 19.7. The van der Waals surface area contributed by atoms with E-state index in [9.17, 15) is 28.8 Å². The number of carbonyl (C=O) groups is 6. The van der Waals surface area contributed by atoms with Crippen LogP contribution in [0.15, 0.2) is 35.4 Å². The van der Waals surface area contributed by atoms with Crippen molar-refractivity contribution >= 4 is 47.4 Å². The van der Waals surface area contributed by atoms with Gasteiger partial charge in [-0.3, -0.25) is 9.59 Å². The quantitative estimate of drug-likeness (QED) is 0.343. The molecule has 0 rings (SSSR count). The summed E-state index contributed by atoms with van der Waals surface area (Å²) in [5.74, 6) is -8.41. The van der Waals surface area contributed by atoms with E-state index in [-0.39, 0.29) is 0 Å². The van der Waals surface area contributed by atoms with E-state index in [0.29, 0.717) is 6.08 Å². The van der Waals surface area contributed by atoms with Crippen molar-refractivity contribution in [2.24, 2.45) is 0 Å². The van der Waals surface area contributed by atoms with Gasteiger partial charge in [0.05, 0.1) is 12.8 Å². The van der Waals surface area contributed by atoms with Crippen molar-refractivity contribution in [3.8, 4) is 0 Å². The Balaban J connectivity index is 4.63. The number of carboxylic acids is 2. The molecule has 2 N–H and O–H groups in total. The van der Waals surface area contributed by atoms with E-state index in [1.54, 1.807) is 0 Å². The van der Waals surface area contributed by atoms with Crippen LogP contribution in [0.2, 0.25) is 0 Å². The molecule has 0 aliphatic carbocycles. The van der Waals surface area contributed by atoms with Crippen molar-refractivity contribution in [1.82, 2.24) is 0 Å². The summed E-state index contributed by atoms with van der Waals surface area (Å²) in [4.78, 5) is 66.0.